The molecule has 0 saturated heterocycles. The number of ether oxygens (including phenoxy) is 1. The highest BCUT2D eigenvalue weighted by Gasteiger charge is 2.39. The number of allylic oxidation sites excluding steroid dienone is 1. The molecule has 5 rings (SSSR count). The summed E-state index contributed by atoms with van der Waals surface area (Å²) in [7, 11) is 0. The molecule has 0 aliphatic carbocycles. The van der Waals surface area contributed by atoms with E-state index in [2.05, 4.69) is 16.0 Å². The van der Waals surface area contributed by atoms with E-state index in [4.69, 9.17) is 15.6 Å². The van der Waals surface area contributed by atoms with Crippen LogP contribution < -0.4 is 10.5 Å². The Kier molecular flexibility index (Phi) is 4.75. The van der Waals surface area contributed by atoms with E-state index in [1.807, 2.05) is 72.6 Å². The van der Waals surface area contributed by atoms with E-state index in [0.717, 1.165) is 28.1 Å². The first-order valence-electron chi connectivity index (χ1n) is 10.6. The number of fused-ring (bicyclic) bond motifs is 1. The van der Waals surface area contributed by atoms with E-state index >= 15 is 0 Å². The smallest absolute Gasteiger partial charge is 0.225 e. The summed E-state index contributed by atoms with van der Waals surface area (Å²) < 4.78 is 9.79. The molecule has 0 fully saturated rings. The highest BCUT2D eigenvalue weighted by molar-refractivity contribution is 5.71. The zero-order chi connectivity index (χ0) is 23.2. The third kappa shape index (κ3) is 3.44. The molecule has 8 heteroatoms. The first kappa shape index (κ1) is 20.5. The lowest BCUT2D eigenvalue weighted by molar-refractivity contribution is 0.278. The molecule has 1 unspecified atom stereocenters. The molecule has 4 aromatic rings. The van der Waals surface area contributed by atoms with Gasteiger partial charge in [0.2, 0.25) is 11.8 Å². The van der Waals surface area contributed by atoms with Crippen LogP contribution in [-0.4, -0.2) is 24.3 Å². The van der Waals surface area contributed by atoms with Gasteiger partial charge in [0.05, 0.1) is 23.3 Å². The Morgan fingerprint density at radius 3 is 2.48 bits per heavy atom. The predicted octanol–water partition coefficient (Wildman–Crippen LogP) is 4.10. The zero-order valence-electron chi connectivity index (χ0n) is 18.6. The van der Waals surface area contributed by atoms with Gasteiger partial charge in [0.1, 0.15) is 17.3 Å². The van der Waals surface area contributed by atoms with Gasteiger partial charge in [-0.2, -0.15) is 10.4 Å². The van der Waals surface area contributed by atoms with Crippen molar-refractivity contribution in [1.29, 1.82) is 5.26 Å². The first-order valence-corrected chi connectivity index (χ1v) is 10.6. The van der Waals surface area contributed by atoms with Crippen molar-refractivity contribution in [2.24, 2.45) is 5.73 Å². The van der Waals surface area contributed by atoms with E-state index in [1.165, 1.54) is 0 Å². The Morgan fingerprint density at radius 2 is 1.88 bits per heavy atom. The molecular formula is C25H23N7O. The standard InChI is InChI=1S/C25H23N7O/c1-25(2,3)32-24-21(22(30-32)17-5-4-10-28-14-17)20(19(13-26)23(27)33-24)16-6-8-18(9-7-16)31-12-11-29-15-31/h4-12,14-15,20H,27H2,1-3H3. The minimum absolute atomic E-state index is 0.0943. The van der Waals surface area contributed by atoms with Crippen molar-refractivity contribution >= 4 is 0 Å². The molecular weight excluding hydrogens is 414 g/mol. The fourth-order valence-corrected chi connectivity index (χ4v) is 4.09. The van der Waals surface area contributed by atoms with E-state index in [0.29, 0.717) is 11.5 Å². The number of nitriles is 1. The molecule has 33 heavy (non-hydrogen) atoms. The van der Waals surface area contributed by atoms with E-state index in [1.54, 1.807) is 24.9 Å². The Bertz CT molecular complexity index is 1370. The van der Waals surface area contributed by atoms with Gasteiger partial charge in [0, 0.05) is 36.0 Å². The van der Waals surface area contributed by atoms with Gasteiger partial charge in [-0.15, -0.1) is 0 Å². The van der Waals surface area contributed by atoms with Crippen LogP contribution in [0.4, 0.5) is 0 Å². The number of hydrogen-bond acceptors (Lipinski definition) is 6. The van der Waals surface area contributed by atoms with E-state index in [9.17, 15) is 5.26 Å². The number of rotatable bonds is 3. The summed E-state index contributed by atoms with van der Waals surface area (Å²) in [4.78, 5) is 8.38. The molecule has 0 saturated carbocycles. The minimum Gasteiger partial charge on any atom is -0.422 e. The van der Waals surface area contributed by atoms with Crippen molar-refractivity contribution in [3.63, 3.8) is 0 Å². The monoisotopic (exact) mass is 437 g/mol. The average Bonchev–Trinajstić information content (AvgIpc) is 3.47. The molecule has 0 bridgehead atoms. The van der Waals surface area contributed by atoms with Crippen LogP contribution in [0.15, 0.2) is 79.0 Å². The number of hydrogen-bond donors (Lipinski definition) is 1. The van der Waals surface area contributed by atoms with Crippen LogP contribution in [0.5, 0.6) is 5.88 Å². The summed E-state index contributed by atoms with van der Waals surface area (Å²) in [6.07, 6.45) is 8.85. The first-order chi connectivity index (χ1) is 15.9. The average molecular weight is 438 g/mol. The van der Waals surface area contributed by atoms with Gasteiger partial charge in [0.15, 0.2) is 0 Å². The fourth-order valence-electron chi connectivity index (χ4n) is 4.09. The normalized spacial score (nSPS) is 15.6. The zero-order valence-corrected chi connectivity index (χ0v) is 18.6. The van der Waals surface area contributed by atoms with Crippen LogP contribution in [0, 0.1) is 11.3 Å². The second-order valence-electron chi connectivity index (χ2n) is 8.88. The van der Waals surface area contributed by atoms with Crippen molar-refractivity contribution in [3.8, 4) is 28.9 Å². The number of nitrogens with two attached hydrogens (primary N) is 1. The minimum atomic E-state index is -0.429. The molecule has 0 radical (unpaired) electrons. The molecule has 1 atom stereocenters. The third-order valence-corrected chi connectivity index (χ3v) is 5.65. The summed E-state index contributed by atoms with van der Waals surface area (Å²) >= 11 is 0. The SMILES string of the molecule is CC(C)(C)n1nc(-c2cccnc2)c2c1OC(N)=C(C#N)C2c1ccc(-n2ccnc2)cc1. The molecule has 4 heterocycles. The Balaban J connectivity index is 1.74. The van der Waals surface area contributed by atoms with Crippen molar-refractivity contribution < 1.29 is 4.74 Å². The Morgan fingerprint density at radius 1 is 1.09 bits per heavy atom. The second kappa shape index (κ2) is 7.64. The highest BCUT2D eigenvalue weighted by atomic mass is 16.5. The maximum absolute atomic E-state index is 10.0. The largest absolute Gasteiger partial charge is 0.422 e. The van der Waals surface area contributed by atoms with Crippen LogP contribution >= 0.6 is 0 Å². The number of nitrogens with zero attached hydrogens (tertiary/aromatic N) is 6. The summed E-state index contributed by atoms with van der Waals surface area (Å²) in [6, 6.07) is 14.1. The van der Waals surface area contributed by atoms with Gasteiger partial charge in [-0.3, -0.25) is 4.98 Å². The van der Waals surface area contributed by atoms with Crippen LogP contribution in [0.2, 0.25) is 0 Å². The summed E-state index contributed by atoms with van der Waals surface area (Å²) in [5.41, 5.74) is 10.5. The molecule has 8 nitrogen and oxygen atoms in total. The number of pyridine rings is 1. The van der Waals surface area contributed by atoms with Gasteiger partial charge >= 0.3 is 0 Å². The number of aromatic nitrogens is 5. The molecule has 1 aromatic carbocycles. The van der Waals surface area contributed by atoms with Gasteiger partial charge in [-0.1, -0.05) is 12.1 Å². The topological polar surface area (TPSA) is 108 Å². The molecule has 0 spiro atoms. The molecule has 0 amide bonds. The lowest BCUT2D eigenvalue weighted by Crippen LogP contribution is -2.27. The van der Waals surface area contributed by atoms with Crippen LogP contribution in [0.25, 0.3) is 16.9 Å². The lowest BCUT2D eigenvalue weighted by Gasteiger charge is -2.28. The molecule has 1 aliphatic rings. The maximum Gasteiger partial charge on any atom is 0.225 e. The van der Waals surface area contributed by atoms with Crippen molar-refractivity contribution in [2.45, 2.75) is 32.2 Å². The molecule has 3 aromatic heterocycles. The molecule has 1 aliphatic heterocycles. The number of imidazole rings is 1. The van der Waals surface area contributed by atoms with Crippen molar-refractivity contribution in [1.82, 2.24) is 24.3 Å². The predicted molar refractivity (Wildman–Crippen MR) is 123 cm³/mol. The van der Waals surface area contributed by atoms with E-state index < -0.39 is 5.92 Å². The lowest BCUT2D eigenvalue weighted by atomic mass is 9.83. The van der Waals surface area contributed by atoms with Crippen LogP contribution in [-0.2, 0) is 5.54 Å². The summed E-state index contributed by atoms with van der Waals surface area (Å²) in [5.74, 6) is 0.209. The summed E-state index contributed by atoms with van der Waals surface area (Å²) in [6.45, 7) is 6.14. The maximum atomic E-state index is 10.0. The Hall–Kier alpha value is -4.38. The molecule has 2 N–H and O–H groups in total. The van der Waals surface area contributed by atoms with Crippen molar-refractivity contribution in [2.75, 3.05) is 0 Å². The Labute approximate surface area is 191 Å². The van der Waals surface area contributed by atoms with Crippen molar-refractivity contribution in [3.05, 3.63) is 90.1 Å². The quantitative estimate of drug-likeness (QED) is 0.517. The third-order valence-electron chi connectivity index (χ3n) is 5.65. The molecule has 164 valence electrons. The van der Waals surface area contributed by atoms with Crippen LogP contribution in [0.3, 0.4) is 0 Å². The summed E-state index contributed by atoms with van der Waals surface area (Å²) in [5, 5.41) is 15.0. The van der Waals surface area contributed by atoms with Crippen LogP contribution in [0.1, 0.15) is 37.8 Å². The highest BCUT2D eigenvalue weighted by Crippen LogP contribution is 2.48. The van der Waals surface area contributed by atoms with Gasteiger partial charge in [-0.05, 0) is 50.6 Å². The fraction of sp³-hybridized carbons (Fsp3) is 0.200. The van der Waals surface area contributed by atoms with Gasteiger partial charge in [-0.25, -0.2) is 9.67 Å². The van der Waals surface area contributed by atoms with Gasteiger partial charge in [0.25, 0.3) is 0 Å². The van der Waals surface area contributed by atoms with Gasteiger partial charge < -0.3 is 15.0 Å². The van der Waals surface area contributed by atoms with E-state index in [-0.39, 0.29) is 11.4 Å². The second-order valence-corrected chi connectivity index (χ2v) is 8.88. The number of benzene rings is 1.